The Morgan fingerprint density at radius 2 is 2.04 bits per heavy atom. The second-order valence-corrected chi connectivity index (χ2v) is 8.08. The number of nitro benzene ring substituents is 1. The van der Waals surface area contributed by atoms with E-state index in [4.69, 9.17) is 0 Å². The van der Waals surface area contributed by atoms with E-state index >= 15 is 0 Å². The first kappa shape index (κ1) is 21.6. The Kier molecular flexibility index (Phi) is 6.95. The molecule has 2 amide bonds. The van der Waals surface area contributed by atoms with Crippen LogP contribution in [-0.4, -0.2) is 49.2 Å². The maximum absolute atomic E-state index is 12.8. The van der Waals surface area contributed by atoms with E-state index in [0.717, 1.165) is 6.07 Å². The average molecular weight is 412 g/mol. The van der Waals surface area contributed by atoms with Gasteiger partial charge in [0.25, 0.3) is 21.6 Å². The number of benzene rings is 1. The predicted octanol–water partition coefficient (Wildman–Crippen LogP) is 1.62. The zero-order valence-corrected chi connectivity index (χ0v) is 16.6. The number of rotatable bonds is 8. The number of hydrogen-bond acceptors (Lipinski definition) is 7. The SMILES string of the molecule is CCCC(=O)N1CCCC1C(=O)NS(=O)(=O)c1cc([N+](=O)[O-])ccc1NCC. The van der Waals surface area contributed by atoms with Crippen LogP contribution in [0.5, 0.6) is 0 Å². The number of nitro groups is 1. The lowest BCUT2D eigenvalue weighted by Crippen LogP contribution is -2.47. The van der Waals surface area contributed by atoms with E-state index < -0.39 is 32.6 Å². The Hall–Kier alpha value is -2.69. The second-order valence-electron chi connectivity index (χ2n) is 6.43. The van der Waals surface area contributed by atoms with Gasteiger partial charge in [0.15, 0.2) is 0 Å². The van der Waals surface area contributed by atoms with Gasteiger partial charge in [0, 0.05) is 31.6 Å². The molecule has 10 nitrogen and oxygen atoms in total. The van der Waals surface area contributed by atoms with Crippen molar-refractivity contribution in [1.82, 2.24) is 9.62 Å². The number of sulfonamides is 1. The highest BCUT2D eigenvalue weighted by Crippen LogP contribution is 2.27. The maximum Gasteiger partial charge on any atom is 0.270 e. The topological polar surface area (TPSA) is 139 Å². The third-order valence-corrected chi connectivity index (χ3v) is 5.79. The van der Waals surface area contributed by atoms with Gasteiger partial charge in [-0.3, -0.25) is 19.7 Å². The van der Waals surface area contributed by atoms with Crippen LogP contribution >= 0.6 is 0 Å². The molecule has 2 N–H and O–H groups in total. The highest BCUT2D eigenvalue weighted by atomic mass is 32.2. The molecule has 1 heterocycles. The monoisotopic (exact) mass is 412 g/mol. The Balaban J connectivity index is 2.29. The molecule has 1 aliphatic rings. The van der Waals surface area contributed by atoms with Gasteiger partial charge in [-0.25, -0.2) is 13.1 Å². The molecule has 1 atom stereocenters. The van der Waals surface area contributed by atoms with Gasteiger partial charge in [-0.2, -0.15) is 0 Å². The summed E-state index contributed by atoms with van der Waals surface area (Å²) >= 11 is 0. The van der Waals surface area contributed by atoms with E-state index in [0.29, 0.717) is 32.4 Å². The average Bonchev–Trinajstić information content (AvgIpc) is 3.12. The van der Waals surface area contributed by atoms with Gasteiger partial charge in [-0.05, 0) is 32.3 Å². The van der Waals surface area contributed by atoms with Gasteiger partial charge in [-0.15, -0.1) is 0 Å². The summed E-state index contributed by atoms with van der Waals surface area (Å²) in [6.07, 6.45) is 1.88. The van der Waals surface area contributed by atoms with Gasteiger partial charge < -0.3 is 10.2 Å². The van der Waals surface area contributed by atoms with Gasteiger partial charge in [0.2, 0.25) is 5.91 Å². The summed E-state index contributed by atoms with van der Waals surface area (Å²) in [5.41, 5.74) is -0.256. The fourth-order valence-electron chi connectivity index (χ4n) is 3.13. The van der Waals surface area contributed by atoms with E-state index in [1.165, 1.54) is 17.0 Å². The molecular weight excluding hydrogens is 388 g/mol. The summed E-state index contributed by atoms with van der Waals surface area (Å²) < 4.78 is 27.5. The lowest BCUT2D eigenvalue weighted by Gasteiger charge is -2.24. The van der Waals surface area contributed by atoms with E-state index in [9.17, 15) is 28.1 Å². The molecule has 1 aliphatic heterocycles. The molecule has 0 aliphatic carbocycles. The van der Waals surface area contributed by atoms with Crippen molar-refractivity contribution in [2.45, 2.75) is 50.5 Å². The summed E-state index contributed by atoms with van der Waals surface area (Å²) in [6, 6.07) is 2.51. The molecule has 11 heteroatoms. The van der Waals surface area contributed by atoms with Crippen molar-refractivity contribution in [3.8, 4) is 0 Å². The number of nitrogens with zero attached hydrogens (tertiary/aromatic N) is 2. The van der Waals surface area contributed by atoms with Crippen molar-refractivity contribution >= 4 is 33.2 Å². The first-order valence-corrected chi connectivity index (χ1v) is 10.6. The summed E-state index contributed by atoms with van der Waals surface area (Å²) in [4.78, 5) is 36.1. The Bertz CT molecular complexity index is 870. The summed E-state index contributed by atoms with van der Waals surface area (Å²) in [5, 5.41) is 13.8. The third-order valence-electron chi connectivity index (χ3n) is 4.41. The molecule has 1 aromatic rings. The number of carbonyl (C=O) groups is 2. The summed E-state index contributed by atoms with van der Waals surface area (Å²) in [7, 11) is -4.37. The van der Waals surface area contributed by atoms with Crippen molar-refractivity contribution < 1.29 is 22.9 Å². The van der Waals surface area contributed by atoms with Crippen molar-refractivity contribution in [2.24, 2.45) is 0 Å². The van der Waals surface area contributed by atoms with E-state index in [1.54, 1.807) is 6.92 Å². The third kappa shape index (κ3) is 4.77. The Labute approximate surface area is 163 Å². The second kappa shape index (κ2) is 9.00. The molecule has 0 saturated carbocycles. The summed E-state index contributed by atoms with van der Waals surface area (Å²) in [6.45, 7) is 4.37. The first-order valence-electron chi connectivity index (χ1n) is 9.09. The number of amides is 2. The minimum absolute atomic E-state index is 0.152. The van der Waals surface area contributed by atoms with Crippen LogP contribution in [0.2, 0.25) is 0 Å². The molecule has 1 aromatic carbocycles. The normalized spacial score (nSPS) is 16.6. The van der Waals surface area contributed by atoms with Crippen molar-refractivity contribution in [3.05, 3.63) is 28.3 Å². The molecule has 1 unspecified atom stereocenters. The molecule has 2 rings (SSSR count). The number of likely N-dealkylation sites (tertiary alicyclic amines) is 1. The fourth-order valence-corrected chi connectivity index (χ4v) is 4.35. The smallest absolute Gasteiger partial charge is 0.270 e. The quantitative estimate of drug-likeness (QED) is 0.488. The summed E-state index contributed by atoms with van der Waals surface area (Å²) in [5.74, 6) is -1.00. The van der Waals surface area contributed by atoms with Gasteiger partial charge in [-0.1, -0.05) is 6.92 Å². The highest BCUT2D eigenvalue weighted by Gasteiger charge is 2.36. The zero-order valence-electron chi connectivity index (χ0n) is 15.8. The molecule has 0 aromatic heterocycles. The van der Waals surface area contributed by atoms with Crippen molar-refractivity contribution in [3.63, 3.8) is 0 Å². The standard InChI is InChI=1S/C17H24N4O6S/c1-3-6-16(22)20-10-5-7-14(20)17(23)19-28(26,27)15-11-12(21(24)25)8-9-13(15)18-4-2/h8-9,11,14,18H,3-7,10H2,1-2H3,(H,19,23). The minimum Gasteiger partial charge on any atom is -0.384 e. The van der Waals surface area contributed by atoms with Crippen LogP contribution in [-0.2, 0) is 19.6 Å². The van der Waals surface area contributed by atoms with Crippen LogP contribution in [0.3, 0.4) is 0 Å². The largest absolute Gasteiger partial charge is 0.384 e. The van der Waals surface area contributed by atoms with Crippen LogP contribution in [0.15, 0.2) is 23.1 Å². The van der Waals surface area contributed by atoms with Gasteiger partial charge in [0.1, 0.15) is 10.9 Å². The molecule has 0 bridgehead atoms. The van der Waals surface area contributed by atoms with Crippen LogP contribution in [0, 0.1) is 10.1 Å². The van der Waals surface area contributed by atoms with Gasteiger partial charge >= 0.3 is 0 Å². The molecular formula is C17H24N4O6S. The highest BCUT2D eigenvalue weighted by molar-refractivity contribution is 7.90. The number of nitrogens with one attached hydrogen (secondary N) is 2. The lowest BCUT2D eigenvalue weighted by molar-refractivity contribution is -0.385. The van der Waals surface area contributed by atoms with Crippen molar-refractivity contribution in [1.29, 1.82) is 0 Å². The van der Waals surface area contributed by atoms with Gasteiger partial charge in [0.05, 0.1) is 10.6 Å². The van der Waals surface area contributed by atoms with Crippen molar-refractivity contribution in [2.75, 3.05) is 18.4 Å². The lowest BCUT2D eigenvalue weighted by atomic mass is 10.2. The Morgan fingerprint density at radius 1 is 1.32 bits per heavy atom. The van der Waals surface area contributed by atoms with E-state index in [-0.39, 0.29) is 22.9 Å². The predicted molar refractivity (Wildman–Crippen MR) is 102 cm³/mol. The zero-order chi connectivity index (χ0) is 20.9. The number of non-ortho nitro benzene ring substituents is 1. The first-order chi connectivity index (χ1) is 13.2. The van der Waals surface area contributed by atoms with Crippen LogP contribution < -0.4 is 10.0 Å². The number of carbonyl (C=O) groups excluding carboxylic acids is 2. The maximum atomic E-state index is 12.8. The molecule has 154 valence electrons. The fraction of sp³-hybridized carbons (Fsp3) is 0.529. The number of hydrogen-bond donors (Lipinski definition) is 2. The van der Waals surface area contributed by atoms with E-state index in [2.05, 4.69) is 5.32 Å². The van der Waals surface area contributed by atoms with E-state index in [1.807, 2.05) is 11.6 Å². The molecule has 0 spiro atoms. The molecule has 1 fully saturated rings. The minimum atomic E-state index is -4.37. The molecule has 1 saturated heterocycles. The molecule has 28 heavy (non-hydrogen) atoms. The number of anilines is 1. The van der Waals surface area contributed by atoms with Crippen LogP contribution in [0.4, 0.5) is 11.4 Å². The molecule has 0 radical (unpaired) electrons. The van der Waals surface area contributed by atoms with Crippen LogP contribution in [0.25, 0.3) is 0 Å². The van der Waals surface area contributed by atoms with Crippen LogP contribution in [0.1, 0.15) is 39.5 Å². The Morgan fingerprint density at radius 3 is 2.64 bits per heavy atom.